The molecule has 0 unspecified atom stereocenters. The summed E-state index contributed by atoms with van der Waals surface area (Å²) in [6.45, 7) is 0.381. The van der Waals surface area contributed by atoms with Crippen molar-refractivity contribution in [1.82, 2.24) is 4.90 Å². The third-order valence-corrected chi connectivity index (χ3v) is 4.68. The fourth-order valence-electron chi connectivity index (χ4n) is 3.39. The summed E-state index contributed by atoms with van der Waals surface area (Å²) in [6.07, 6.45) is 0.628. The van der Waals surface area contributed by atoms with Crippen LogP contribution in [0.3, 0.4) is 0 Å². The molecule has 1 aliphatic heterocycles. The lowest BCUT2D eigenvalue weighted by atomic mass is 9.84. The number of rotatable bonds is 5. The van der Waals surface area contributed by atoms with Gasteiger partial charge in [-0.05, 0) is 29.7 Å². The van der Waals surface area contributed by atoms with Crippen LogP contribution in [0.4, 0.5) is 0 Å². The van der Waals surface area contributed by atoms with Gasteiger partial charge in [-0.25, -0.2) is 0 Å². The molecule has 3 rings (SSSR count). The maximum Gasteiger partial charge on any atom is 0.308 e. The number of carbonyl (C=O) groups is 2. The molecule has 1 saturated heterocycles. The Morgan fingerprint density at radius 3 is 2.44 bits per heavy atom. The standard InChI is InChI=1S/C20H21NO4/c1-25-16-9-7-14(8-10-16)13-21-18(22)12-11-17(20(23)24)19(21)15-5-3-2-4-6-15/h2-10,17,19H,11-13H2,1H3,(H,23,24)/t17-,19-/m0/s1. The first kappa shape index (κ1) is 17.0. The van der Waals surface area contributed by atoms with Crippen LogP contribution in [0.15, 0.2) is 54.6 Å². The minimum Gasteiger partial charge on any atom is -0.497 e. The van der Waals surface area contributed by atoms with Crippen LogP contribution in [0.2, 0.25) is 0 Å². The Balaban J connectivity index is 1.93. The van der Waals surface area contributed by atoms with Crippen molar-refractivity contribution in [3.8, 4) is 5.75 Å². The molecule has 0 aromatic heterocycles. The minimum absolute atomic E-state index is 0.0119. The number of aliphatic carboxylic acids is 1. The van der Waals surface area contributed by atoms with Gasteiger partial charge in [-0.15, -0.1) is 0 Å². The van der Waals surface area contributed by atoms with E-state index in [-0.39, 0.29) is 12.3 Å². The molecule has 0 radical (unpaired) electrons. The number of likely N-dealkylation sites (tertiary alicyclic amines) is 1. The Morgan fingerprint density at radius 1 is 1.16 bits per heavy atom. The Morgan fingerprint density at radius 2 is 1.84 bits per heavy atom. The van der Waals surface area contributed by atoms with E-state index < -0.39 is 17.9 Å². The molecule has 0 saturated carbocycles. The van der Waals surface area contributed by atoms with E-state index in [0.29, 0.717) is 13.0 Å². The molecule has 2 aromatic carbocycles. The highest BCUT2D eigenvalue weighted by Crippen LogP contribution is 2.38. The average Bonchev–Trinajstić information content (AvgIpc) is 2.64. The summed E-state index contributed by atoms with van der Waals surface area (Å²) in [6, 6.07) is 16.4. The van der Waals surface area contributed by atoms with Gasteiger partial charge < -0.3 is 14.7 Å². The number of carboxylic acid groups (broad SMARTS) is 1. The maximum absolute atomic E-state index is 12.6. The zero-order valence-electron chi connectivity index (χ0n) is 14.1. The van der Waals surface area contributed by atoms with E-state index in [1.165, 1.54) is 0 Å². The van der Waals surface area contributed by atoms with Crippen molar-refractivity contribution in [2.24, 2.45) is 5.92 Å². The largest absolute Gasteiger partial charge is 0.497 e. The molecule has 0 spiro atoms. The van der Waals surface area contributed by atoms with Gasteiger partial charge in [0.25, 0.3) is 0 Å². The Hall–Kier alpha value is -2.82. The molecule has 1 amide bonds. The van der Waals surface area contributed by atoms with Gasteiger partial charge in [0.2, 0.25) is 5.91 Å². The monoisotopic (exact) mass is 339 g/mol. The zero-order chi connectivity index (χ0) is 17.8. The van der Waals surface area contributed by atoms with E-state index in [2.05, 4.69) is 0 Å². The lowest BCUT2D eigenvalue weighted by Gasteiger charge is -2.40. The molecular weight excluding hydrogens is 318 g/mol. The second-order valence-corrected chi connectivity index (χ2v) is 6.21. The summed E-state index contributed by atoms with van der Waals surface area (Å²) in [5.41, 5.74) is 1.80. The molecule has 1 aliphatic rings. The number of benzene rings is 2. The first-order valence-corrected chi connectivity index (χ1v) is 8.30. The van der Waals surface area contributed by atoms with Crippen molar-refractivity contribution in [1.29, 1.82) is 0 Å². The van der Waals surface area contributed by atoms with Crippen molar-refractivity contribution in [2.75, 3.05) is 7.11 Å². The summed E-state index contributed by atoms with van der Waals surface area (Å²) in [4.78, 5) is 26.0. The van der Waals surface area contributed by atoms with E-state index in [9.17, 15) is 14.7 Å². The average molecular weight is 339 g/mol. The van der Waals surface area contributed by atoms with Gasteiger partial charge in [0.05, 0.1) is 19.1 Å². The predicted molar refractivity (Wildman–Crippen MR) is 93.1 cm³/mol. The molecule has 5 heteroatoms. The van der Waals surface area contributed by atoms with Crippen LogP contribution in [0.5, 0.6) is 5.75 Å². The van der Waals surface area contributed by atoms with Crippen molar-refractivity contribution < 1.29 is 19.4 Å². The van der Waals surface area contributed by atoms with Crippen LogP contribution in [0.1, 0.15) is 30.0 Å². The first-order valence-electron chi connectivity index (χ1n) is 8.30. The third-order valence-electron chi connectivity index (χ3n) is 4.68. The van der Waals surface area contributed by atoms with Crippen molar-refractivity contribution in [3.63, 3.8) is 0 Å². The molecule has 0 bridgehead atoms. The summed E-state index contributed by atoms with van der Waals surface area (Å²) < 4.78 is 5.16. The summed E-state index contributed by atoms with van der Waals surface area (Å²) in [5, 5.41) is 9.65. The summed E-state index contributed by atoms with van der Waals surface area (Å²) >= 11 is 0. The molecular formula is C20H21NO4. The van der Waals surface area contributed by atoms with Crippen molar-refractivity contribution >= 4 is 11.9 Å². The first-order chi connectivity index (χ1) is 12.1. The molecule has 2 aromatic rings. The van der Waals surface area contributed by atoms with Crippen LogP contribution in [-0.2, 0) is 16.1 Å². The Kier molecular flexibility index (Phi) is 5.03. The molecule has 1 N–H and O–H groups in total. The van der Waals surface area contributed by atoms with E-state index >= 15 is 0 Å². The van der Waals surface area contributed by atoms with Gasteiger partial charge in [-0.2, -0.15) is 0 Å². The normalized spacial score (nSPS) is 20.4. The summed E-state index contributed by atoms with van der Waals surface area (Å²) in [7, 11) is 1.60. The third kappa shape index (κ3) is 3.65. The van der Waals surface area contributed by atoms with Crippen molar-refractivity contribution in [3.05, 3.63) is 65.7 Å². The Labute approximate surface area is 146 Å². The topological polar surface area (TPSA) is 66.8 Å². The van der Waals surface area contributed by atoms with Gasteiger partial charge in [0.15, 0.2) is 0 Å². The second kappa shape index (κ2) is 7.38. The molecule has 130 valence electrons. The van der Waals surface area contributed by atoms with Gasteiger partial charge in [0, 0.05) is 13.0 Å². The lowest BCUT2D eigenvalue weighted by Crippen LogP contribution is -2.44. The van der Waals surface area contributed by atoms with E-state index in [1.54, 1.807) is 12.0 Å². The zero-order valence-corrected chi connectivity index (χ0v) is 14.1. The maximum atomic E-state index is 12.6. The molecule has 1 fully saturated rings. The minimum atomic E-state index is -0.860. The highest BCUT2D eigenvalue weighted by molar-refractivity contribution is 5.81. The van der Waals surface area contributed by atoms with Crippen molar-refractivity contribution in [2.45, 2.75) is 25.4 Å². The van der Waals surface area contributed by atoms with Gasteiger partial charge in [0.1, 0.15) is 5.75 Å². The smallest absolute Gasteiger partial charge is 0.308 e. The Bertz CT molecular complexity index is 742. The number of ether oxygens (including phenoxy) is 1. The van der Waals surface area contributed by atoms with E-state index in [0.717, 1.165) is 16.9 Å². The number of nitrogens with zero attached hydrogens (tertiary/aromatic N) is 1. The number of hydrogen-bond acceptors (Lipinski definition) is 3. The lowest BCUT2D eigenvalue weighted by molar-refractivity contribution is -0.152. The fraction of sp³-hybridized carbons (Fsp3) is 0.300. The van der Waals surface area contributed by atoms with E-state index in [4.69, 9.17) is 4.74 Å². The fourth-order valence-corrected chi connectivity index (χ4v) is 3.39. The quantitative estimate of drug-likeness (QED) is 0.908. The second-order valence-electron chi connectivity index (χ2n) is 6.21. The molecule has 25 heavy (non-hydrogen) atoms. The number of carbonyl (C=O) groups excluding carboxylic acids is 1. The molecule has 2 atom stereocenters. The van der Waals surface area contributed by atoms with Gasteiger partial charge in [-0.3, -0.25) is 9.59 Å². The molecule has 5 nitrogen and oxygen atoms in total. The SMILES string of the molecule is COc1ccc(CN2C(=O)CC[C@H](C(=O)O)[C@@H]2c2ccccc2)cc1. The number of piperidine rings is 1. The van der Waals surface area contributed by atoms with E-state index in [1.807, 2.05) is 54.6 Å². The van der Waals surface area contributed by atoms with Crippen LogP contribution in [0.25, 0.3) is 0 Å². The highest BCUT2D eigenvalue weighted by atomic mass is 16.5. The number of amides is 1. The highest BCUT2D eigenvalue weighted by Gasteiger charge is 2.40. The van der Waals surface area contributed by atoms with Crippen LogP contribution in [0, 0.1) is 5.92 Å². The molecule has 0 aliphatic carbocycles. The number of methoxy groups -OCH3 is 1. The number of hydrogen-bond donors (Lipinski definition) is 1. The number of carboxylic acids is 1. The van der Waals surface area contributed by atoms with Crippen LogP contribution >= 0.6 is 0 Å². The van der Waals surface area contributed by atoms with Gasteiger partial charge >= 0.3 is 5.97 Å². The molecule has 1 heterocycles. The predicted octanol–water partition coefficient (Wildman–Crippen LogP) is 3.26. The van der Waals surface area contributed by atoms with Crippen LogP contribution < -0.4 is 4.74 Å². The summed E-state index contributed by atoms with van der Waals surface area (Å²) in [5.74, 6) is -0.724. The van der Waals surface area contributed by atoms with Gasteiger partial charge in [-0.1, -0.05) is 42.5 Å². The van der Waals surface area contributed by atoms with Crippen LogP contribution in [-0.4, -0.2) is 29.0 Å².